The van der Waals surface area contributed by atoms with Crippen LogP contribution in [0.4, 0.5) is 4.39 Å². The second-order valence-corrected chi connectivity index (χ2v) is 7.98. The predicted octanol–water partition coefficient (Wildman–Crippen LogP) is 1.82. The minimum Gasteiger partial charge on any atom is -0.368 e. The lowest BCUT2D eigenvalue weighted by atomic mass is 10.0. The van der Waals surface area contributed by atoms with Gasteiger partial charge >= 0.3 is 0 Å². The Kier molecular flexibility index (Phi) is 5.37. The van der Waals surface area contributed by atoms with Crippen molar-refractivity contribution in [1.82, 2.24) is 20.1 Å². The molecule has 0 bridgehead atoms. The molecule has 0 radical (unpaired) electrons. The van der Waals surface area contributed by atoms with Gasteiger partial charge in [0.1, 0.15) is 11.7 Å². The number of ketones is 1. The summed E-state index contributed by atoms with van der Waals surface area (Å²) >= 11 is 0. The van der Waals surface area contributed by atoms with Gasteiger partial charge in [0.15, 0.2) is 0 Å². The summed E-state index contributed by atoms with van der Waals surface area (Å²) in [4.78, 5) is 49.0. The maximum atomic E-state index is 14.7. The zero-order valence-corrected chi connectivity index (χ0v) is 17.8. The normalized spacial score (nSPS) is 16.0. The van der Waals surface area contributed by atoms with Crippen LogP contribution in [0.3, 0.4) is 0 Å². The Morgan fingerprint density at radius 1 is 0.939 bits per heavy atom. The first-order chi connectivity index (χ1) is 16.0. The van der Waals surface area contributed by atoms with Gasteiger partial charge < -0.3 is 20.1 Å². The number of hydrogen-bond donors (Lipinski definition) is 2. The highest BCUT2D eigenvalue weighted by atomic mass is 19.1. The number of aromatic amines is 1. The Labute approximate surface area is 189 Å². The van der Waals surface area contributed by atoms with E-state index in [0.29, 0.717) is 48.7 Å². The number of amidine groups is 1. The van der Waals surface area contributed by atoms with Crippen LogP contribution < -0.4 is 5.32 Å². The van der Waals surface area contributed by atoms with Crippen molar-refractivity contribution in [2.45, 2.75) is 0 Å². The summed E-state index contributed by atoms with van der Waals surface area (Å²) in [5.41, 5.74) is 1.66. The van der Waals surface area contributed by atoms with Crippen LogP contribution in [0.2, 0.25) is 0 Å². The lowest BCUT2D eigenvalue weighted by molar-refractivity contribution is -0.127. The number of amides is 2. The fourth-order valence-electron chi connectivity index (χ4n) is 4.30. The van der Waals surface area contributed by atoms with Crippen LogP contribution in [0, 0.1) is 5.82 Å². The number of aromatic nitrogens is 1. The molecule has 0 saturated carbocycles. The smallest absolute Gasteiger partial charge is 0.295 e. The fraction of sp³-hybridized carbons (Fsp3) is 0.250. The Morgan fingerprint density at radius 3 is 2.36 bits per heavy atom. The first-order valence-corrected chi connectivity index (χ1v) is 10.8. The van der Waals surface area contributed by atoms with Crippen LogP contribution in [-0.4, -0.2) is 77.5 Å². The zero-order chi connectivity index (χ0) is 22.9. The number of aliphatic imine (C=N–C) groups is 1. The molecule has 1 aromatic heterocycles. The van der Waals surface area contributed by atoms with E-state index >= 15 is 0 Å². The summed E-state index contributed by atoms with van der Waals surface area (Å²) in [6, 6.07) is 11.8. The van der Waals surface area contributed by atoms with Gasteiger partial charge in [0.05, 0.1) is 17.6 Å². The molecule has 3 aromatic rings. The first kappa shape index (κ1) is 20.9. The van der Waals surface area contributed by atoms with Gasteiger partial charge in [-0.1, -0.05) is 18.2 Å². The lowest BCUT2D eigenvalue weighted by Crippen LogP contribution is -2.52. The molecule has 1 saturated heterocycles. The van der Waals surface area contributed by atoms with Crippen LogP contribution in [-0.2, 0) is 4.79 Å². The SMILES string of the molecule is O=C(C(=O)N1CCN(C(=O)c2ccccc2)CC1)c1c[nH]c2c(C3=NCCN3)ccc(F)c12. The van der Waals surface area contributed by atoms with Crippen molar-refractivity contribution in [3.05, 3.63) is 71.2 Å². The maximum Gasteiger partial charge on any atom is 0.295 e. The fourth-order valence-corrected chi connectivity index (χ4v) is 4.30. The van der Waals surface area contributed by atoms with Crippen molar-refractivity contribution in [2.24, 2.45) is 4.99 Å². The number of fused-ring (bicyclic) bond motifs is 1. The van der Waals surface area contributed by atoms with Gasteiger partial charge in [-0.2, -0.15) is 0 Å². The minimum absolute atomic E-state index is 0.00395. The standard InChI is InChI=1S/C24H22FN5O3/c25-18-7-6-16(22-26-8-9-27-22)20-19(18)17(14-28-20)21(31)24(33)30-12-10-29(11-13-30)23(32)15-4-2-1-3-5-15/h1-7,14,28H,8-13H2,(H,26,27). The molecule has 5 rings (SSSR count). The molecule has 0 spiro atoms. The molecule has 168 valence electrons. The van der Waals surface area contributed by atoms with Crippen molar-refractivity contribution in [2.75, 3.05) is 39.3 Å². The van der Waals surface area contributed by atoms with E-state index < -0.39 is 17.5 Å². The maximum absolute atomic E-state index is 14.7. The summed E-state index contributed by atoms with van der Waals surface area (Å²) in [5, 5.41) is 3.22. The number of carbonyl (C=O) groups excluding carboxylic acids is 3. The summed E-state index contributed by atoms with van der Waals surface area (Å²) < 4.78 is 14.7. The number of halogens is 1. The average molecular weight is 447 g/mol. The van der Waals surface area contributed by atoms with E-state index in [1.54, 1.807) is 35.2 Å². The molecule has 8 nitrogen and oxygen atoms in total. The van der Waals surface area contributed by atoms with Crippen molar-refractivity contribution in [1.29, 1.82) is 0 Å². The van der Waals surface area contributed by atoms with E-state index in [1.807, 2.05) is 6.07 Å². The van der Waals surface area contributed by atoms with Gasteiger partial charge in [0.25, 0.3) is 17.6 Å². The van der Waals surface area contributed by atoms with E-state index in [4.69, 9.17) is 0 Å². The van der Waals surface area contributed by atoms with E-state index in [9.17, 15) is 18.8 Å². The molecular weight excluding hydrogens is 425 g/mol. The van der Waals surface area contributed by atoms with E-state index in [2.05, 4.69) is 15.3 Å². The Bertz CT molecular complexity index is 1280. The number of nitrogens with one attached hydrogen (secondary N) is 2. The van der Waals surface area contributed by atoms with Gasteiger partial charge in [-0.05, 0) is 24.3 Å². The number of piperazine rings is 1. The largest absolute Gasteiger partial charge is 0.368 e. The highest BCUT2D eigenvalue weighted by molar-refractivity contribution is 6.45. The number of hydrogen-bond acceptors (Lipinski definition) is 5. The second-order valence-electron chi connectivity index (χ2n) is 7.98. The molecule has 2 N–H and O–H groups in total. The molecule has 9 heteroatoms. The topological polar surface area (TPSA) is 97.9 Å². The number of H-pyrrole nitrogens is 1. The molecule has 2 amide bonds. The van der Waals surface area contributed by atoms with Crippen molar-refractivity contribution in [3.8, 4) is 0 Å². The predicted molar refractivity (Wildman–Crippen MR) is 121 cm³/mol. The van der Waals surface area contributed by atoms with Gasteiger partial charge in [-0.15, -0.1) is 0 Å². The Morgan fingerprint density at radius 2 is 1.67 bits per heavy atom. The Balaban J connectivity index is 1.33. The number of nitrogens with zero attached hydrogens (tertiary/aromatic N) is 3. The van der Waals surface area contributed by atoms with Crippen LogP contribution in [0.5, 0.6) is 0 Å². The molecule has 1 fully saturated rings. The molecular formula is C24H22FN5O3. The van der Waals surface area contributed by atoms with E-state index in [-0.39, 0.29) is 29.9 Å². The number of rotatable bonds is 4. The molecule has 2 aliphatic heterocycles. The van der Waals surface area contributed by atoms with Crippen LogP contribution in [0.1, 0.15) is 26.3 Å². The molecule has 0 atom stereocenters. The van der Waals surface area contributed by atoms with Gasteiger partial charge in [0.2, 0.25) is 0 Å². The first-order valence-electron chi connectivity index (χ1n) is 10.8. The van der Waals surface area contributed by atoms with Gasteiger partial charge in [-0.3, -0.25) is 19.4 Å². The highest BCUT2D eigenvalue weighted by Crippen LogP contribution is 2.27. The van der Waals surface area contributed by atoms with Crippen LogP contribution >= 0.6 is 0 Å². The van der Waals surface area contributed by atoms with Crippen molar-refractivity contribution < 1.29 is 18.8 Å². The van der Waals surface area contributed by atoms with Crippen molar-refractivity contribution in [3.63, 3.8) is 0 Å². The third kappa shape index (κ3) is 3.75. The third-order valence-electron chi connectivity index (χ3n) is 6.03. The van der Waals surface area contributed by atoms with Crippen LogP contribution in [0.15, 0.2) is 53.7 Å². The summed E-state index contributed by atoms with van der Waals surface area (Å²) in [7, 11) is 0. The molecule has 0 aliphatic carbocycles. The van der Waals surface area contributed by atoms with Crippen molar-refractivity contribution >= 4 is 34.3 Å². The highest BCUT2D eigenvalue weighted by Gasteiger charge is 2.31. The molecule has 2 aliphatic rings. The molecule has 0 unspecified atom stereocenters. The summed E-state index contributed by atoms with van der Waals surface area (Å²) in [6.45, 7) is 2.44. The van der Waals surface area contributed by atoms with E-state index in [1.165, 1.54) is 17.2 Å². The molecule has 3 heterocycles. The number of Topliss-reactive ketones (excluding diaryl/α,β-unsaturated/α-hetero) is 1. The Hall–Kier alpha value is -4.01. The summed E-state index contributed by atoms with van der Waals surface area (Å²) in [6.07, 6.45) is 1.38. The minimum atomic E-state index is -0.776. The third-order valence-corrected chi connectivity index (χ3v) is 6.03. The second kappa shape index (κ2) is 8.50. The average Bonchev–Trinajstić information content (AvgIpc) is 3.55. The molecule has 33 heavy (non-hydrogen) atoms. The summed E-state index contributed by atoms with van der Waals surface area (Å²) in [5.74, 6) is -1.54. The van der Waals surface area contributed by atoms with Crippen LogP contribution in [0.25, 0.3) is 10.9 Å². The lowest BCUT2D eigenvalue weighted by Gasteiger charge is -2.34. The number of benzene rings is 2. The van der Waals surface area contributed by atoms with Gasteiger partial charge in [0, 0.05) is 55.4 Å². The monoisotopic (exact) mass is 447 g/mol. The number of carbonyl (C=O) groups is 3. The van der Waals surface area contributed by atoms with E-state index in [0.717, 1.165) is 0 Å². The quantitative estimate of drug-likeness (QED) is 0.471. The zero-order valence-electron chi connectivity index (χ0n) is 17.8. The molecule has 2 aromatic carbocycles. The van der Waals surface area contributed by atoms with Gasteiger partial charge in [-0.25, -0.2) is 4.39 Å².